The number of benzene rings is 1. The summed E-state index contributed by atoms with van der Waals surface area (Å²) in [5, 5.41) is 3.01. The van der Waals surface area contributed by atoms with Crippen molar-refractivity contribution in [2.75, 3.05) is 6.54 Å². The van der Waals surface area contributed by atoms with Crippen LogP contribution in [0.1, 0.15) is 22.8 Å². The highest BCUT2D eigenvalue weighted by Gasteiger charge is 1.96. The van der Waals surface area contributed by atoms with Crippen LogP contribution in [0, 0.1) is 11.8 Å². The molecule has 0 aliphatic rings. The SMILES string of the molecule is CC(=O)NCC#Cc1cc(Cl)cc(C=O)c1. The van der Waals surface area contributed by atoms with Gasteiger partial charge in [0.05, 0.1) is 6.54 Å². The minimum absolute atomic E-state index is 0.131. The largest absolute Gasteiger partial charge is 0.345 e. The van der Waals surface area contributed by atoms with Crippen LogP contribution in [0.4, 0.5) is 0 Å². The van der Waals surface area contributed by atoms with Crippen LogP contribution in [0.2, 0.25) is 5.02 Å². The van der Waals surface area contributed by atoms with E-state index in [2.05, 4.69) is 17.2 Å². The molecule has 0 spiro atoms. The van der Waals surface area contributed by atoms with Crippen molar-refractivity contribution in [2.24, 2.45) is 0 Å². The maximum Gasteiger partial charge on any atom is 0.217 e. The molecule has 0 fully saturated rings. The van der Waals surface area contributed by atoms with E-state index < -0.39 is 0 Å². The van der Waals surface area contributed by atoms with Crippen LogP contribution in [-0.4, -0.2) is 18.7 Å². The number of amides is 1. The molecule has 0 unspecified atom stereocenters. The zero-order chi connectivity index (χ0) is 12.0. The Kier molecular flexibility index (Phi) is 4.56. The summed E-state index contributed by atoms with van der Waals surface area (Å²) >= 11 is 5.80. The molecule has 1 N–H and O–H groups in total. The first kappa shape index (κ1) is 12.3. The highest BCUT2D eigenvalue weighted by molar-refractivity contribution is 6.31. The molecule has 1 amide bonds. The summed E-state index contributed by atoms with van der Waals surface area (Å²) < 4.78 is 0. The van der Waals surface area contributed by atoms with E-state index in [-0.39, 0.29) is 12.5 Å². The molecule has 0 atom stereocenters. The summed E-state index contributed by atoms with van der Waals surface area (Å²) in [6.45, 7) is 1.70. The van der Waals surface area contributed by atoms with Gasteiger partial charge in [-0.05, 0) is 18.2 Å². The summed E-state index contributed by atoms with van der Waals surface area (Å²) in [4.78, 5) is 21.1. The van der Waals surface area contributed by atoms with Crippen LogP contribution >= 0.6 is 11.6 Å². The number of nitrogens with one attached hydrogen (secondary N) is 1. The lowest BCUT2D eigenvalue weighted by molar-refractivity contribution is -0.118. The van der Waals surface area contributed by atoms with E-state index in [1.165, 1.54) is 6.92 Å². The third-order valence-corrected chi connectivity index (χ3v) is 1.93. The van der Waals surface area contributed by atoms with Gasteiger partial charge >= 0.3 is 0 Å². The van der Waals surface area contributed by atoms with Gasteiger partial charge in [0.25, 0.3) is 0 Å². The average molecular weight is 236 g/mol. The lowest BCUT2D eigenvalue weighted by Gasteiger charge is -1.95. The van der Waals surface area contributed by atoms with Gasteiger partial charge in [0, 0.05) is 23.1 Å². The van der Waals surface area contributed by atoms with E-state index in [9.17, 15) is 9.59 Å². The molecule has 1 rings (SSSR count). The summed E-state index contributed by atoms with van der Waals surface area (Å²) in [6.07, 6.45) is 0.713. The number of aldehydes is 1. The van der Waals surface area contributed by atoms with Crippen LogP contribution in [-0.2, 0) is 4.79 Å². The van der Waals surface area contributed by atoms with Crippen LogP contribution < -0.4 is 5.32 Å². The molecular formula is C12H10ClNO2. The Labute approximate surface area is 98.8 Å². The van der Waals surface area contributed by atoms with Crippen LogP contribution in [0.5, 0.6) is 0 Å². The van der Waals surface area contributed by atoms with Crippen molar-refractivity contribution in [3.8, 4) is 11.8 Å². The number of carbonyl (C=O) groups excluding carboxylic acids is 2. The third kappa shape index (κ3) is 4.16. The monoisotopic (exact) mass is 235 g/mol. The molecule has 16 heavy (non-hydrogen) atoms. The minimum Gasteiger partial charge on any atom is -0.345 e. The molecule has 0 saturated heterocycles. The van der Waals surface area contributed by atoms with Gasteiger partial charge in [-0.15, -0.1) is 0 Å². The zero-order valence-corrected chi connectivity index (χ0v) is 9.47. The molecule has 82 valence electrons. The molecule has 3 nitrogen and oxygen atoms in total. The second-order valence-corrected chi connectivity index (χ2v) is 3.54. The van der Waals surface area contributed by atoms with E-state index in [0.717, 1.165) is 0 Å². The number of carbonyl (C=O) groups is 2. The fourth-order valence-electron chi connectivity index (χ4n) is 1.07. The van der Waals surface area contributed by atoms with Crippen molar-refractivity contribution in [1.82, 2.24) is 5.32 Å². The first-order valence-corrected chi connectivity index (χ1v) is 4.98. The summed E-state index contributed by atoms with van der Waals surface area (Å²) in [5.74, 6) is 5.43. The molecule has 0 heterocycles. The van der Waals surface area contributed by atoms with Crippen LogP contribution in [0.15, 0.2) is 18.2 Å². The summed E-state index contributed by atoms with van der Waals surface area (Å²) in [6, 6.07) is 4.86. The molecule has 0 bridgehead atoms. The standard InChI is InChI=1S/C12H10ClNO2/c1-9(16)14-4-2-3-10-5-11(8-15)7-12(13)6-10/h5-8H,4H2,1H3,(H,14,16). The van der Waals surface area contributed by atoms with E-state index >= 15 is 0 Å². The zero-order valence-electron chi connectivity index (χ0n) is 8.71. The fraction of sp³-hybridized carbons (Fsp3) is 0.167. The molecule has 0 aromatic heterocycles. The number of hydrogen-bond donors (Lipinski definition) is 1. The van der Waals surface area contributed by atoms with E-state index in [1.54, 1.807) is 18.2 Å². The van der Waals surface area contributed by atoms with E-state index in [4.69, 9.17) is 11.6 Å². The molecular weight excluding hydrogens is 226 g/mol. The average Bonchev–Trinajstić information content (AvgIpc) is 2.23. The van der Waals surface area contributed by atoms with Gasteiger partial charge in [-0.3, -0.25) is 9.59 Å². The highest BCUT2D eigenvalue weighted by atomic mass is 35.5. The Morgan fingerprint density at radius 1 is 1.50 bits per heavy atom. The molecule has 1 aromatic rings. The van der Waals surface area contributed by atoms with Gasteiger partial charge in [-0.25, -0.2) is 0 Å². The lowest BCUT2D eigenvalue weighted by Crippen LogP contribution is -2.19. The predicted molar refractivity (Wildman–Crippen MR) is 62.4 cm³/mol. The fourth-order valence-corrected chi connectivity index (χ4v) is 1.31. The Bertz CT molecular complexity index is 472. The van der Waals surface area contributed by atoms with E-state index in [1.807, 2.05) is 0 Å². The van der Waals surface area contributed by atoms with Gasteiger partial charge in [0.2, 0.25) is 5.91 Å². The van der Waals surface area contributed by atoms with Crippen molar-refractivity contribution in [3.63, 3.8) is 0 Å². The van der Waals surface area contributed by atoms with Crippen molar-refractivity contribution in [3.05, 3.63) is 34.3 Å². The molecule has 0 saturated carbocycles. The molecule has 0 aliphatic heterocycles. The molecule has 4 heteroatoms. The number of halogens is 1. The number of hydrogen-bond acceptors (Lipinski definition) is 2. The van der Waals surface area contributed by atoms with Crippen LogP contribution in [0.25, 0.3) is 0 Å². The normalized spacial score (nSPS) is 8.88. The van der Waals surface area contributed by atoms with Gasteiger partial charge in [-0.1, -0.05) is 23.4 Å². The predicted octanol–water partition coefficient (Wildman–Crippen LogP) is 1.64. The summed E-state index contributed by atoms with van der Waals surface area (Å²) in [7, 11) is 0. The molecule has 0 aliphatic carbocycles. The third-order valence-electron chi connectivity index (χ3n) is 1.71. The molecule has 0 radical (unpaired) electrons. The first-order chi connectivity index (χ1) is 7.61. The second-order valence-electron chi connectivity index (χ2n) is 3.10. The summed E-state index contributed by atoms with van der Waals surface area (Å²) in [5.41, 5.74) is 1.14. The van der Waals surface area contributed by atoms with Crippen molar-refractivity contribution in [2.45, 2.75) is 6.92 Å². The Morgan fingerprint density at radius 2 is 2.25 bits per heavy atom. The minimum atomic E-state index is -0.131. The Hall–Kier alpha value is -1.79. The lowest BCUT2D eigenvalue weighted by atomic mass is 10.1. The quantitative estimate of drug-likeness (QED) is 0.626. The maximum absolute atomic E-state index is 10.6. The number of rotatable bonds is 2. The van der Waals surface area contributed by atoms with Crippen molar-refractivity contribution >= 4 is 23.8 Å². The molecule has 1 aromatic carbocycles. The van der Waals surface area contributed by atoms with Crippen molar-refractivity contribution < 1.29 is 9.59 Å². The van der Waals surface area contributed by atoms with Gasteiger partial charge in [-0.2, -0.15) is 0 Å². The van der Waals surface area contributed by atoms with E-state index in [0.29, 0.717) is 22.4 Å². The smallest absolute Gasteiger partial charge is 0.217 e. The van der Waals surface area contributed by atoms with Crippen molar-refractivity contribution in [1.29, 1.82) is 0 Å². The van der Waals surface area contributed by atoms with Crippen LogP contribution in [0.3, 0.4) is 0 Å². The topological polar surface area (TPSA) is 46.2 Å². The van der Waals surface area contributed by atoms with Gasteiger partial charge in [0.1, 0.15) is 6.29 Å². The second kappa shape index (κ2) is 5.94. The first-order valence-electron chi connectivity index (χ1n) is 4.61. The highest BCUT2D eigenvalue weighted by Crippen LogP contribution is 2.13. The van der Waals surface area contributed by atoms with Gasteiger partial charge in [0.15, 0.2) is 0 Å². The van der Waals surface area contributed by atoms with Gasteiger partial charge < -0.3 is 5.32 Å². The Morgan fingerprint density at radius 3 is 2.88 bits per heavy atom. The maximum atomic E-state index is 10.6. The Balaban J connectivity index is 2.76.